The van der Waals surface area contributed by atoms with Gasteiger partial charge in [-0.2, -0.15) is 0 Å². The van der Waals surface area contributed by atoms with Crippen molar-refractivity contribution in [1.82, 2.24) is 10.3 Å². The van der Waals surface area contributed by atoms with Crippen molar-refractivity contribution < 1.29 is 0 Å². The number of thiazole rings is 1. The molecule has 2 rings (SSSR count). The molecule has 0 amide bonds. The lowest BCUT2D eigenvalue weighted by Gasteiger charge is -2.23. The zero-order valence-electron chi connectivity index (χ0n) is 10.4. The molecule has 1 aromatic rings. The highest BCUT2D eigenvalue weighted by molar-refractivity contribution is 7.15. The maximum absolute atomic E-state index is 4.51. The Morgan fingerprint density at radius 1 is 1.56 bits per heavy atom. The topological polar surface area (TPSA) is 28.2 Å². The zero-order chi connectivity index (χ0) is 11.5. The third kappa shape index (κ3) is 2.95. The third-order valence-corrected chi connectivity index (χ3v) is 3.93. The Kier molecular flexibility index (Phi) is 3.82. The minimum Gasteiger partial charge on any atom is -0.346 e. The van der Waals surface area contributed by atoms with Crippen molar-refractivity contribution >= 4 is 16.5 Å². The fraction of sp³-hybridized carbons (Fsp3) is 0.750. The predicted octanol–water partition coefficient (Wildman–Crippen LogP) is 2.63. The van der Waals surface area contributed by atoms with Crippen molar-refractivity contribution in [3.8, 4) is 0 Å². The van der Waals surface area contributed by atoms with E-state index in [1.165, 1.54) is 17.7 Å². The molecule has 1 aliphatic rings. The standard InChI is InChI=1S/C12H21N3S/c1-4-15(9(2)3)12-14-8-11(16-12)7-13-10-5-6-10/h8-10,13H,4-7H2,1-3H3. The van der Waals surface area contributed by atoms with Crippen molar-refractivity contribution in [3.63, 3.8) is 0 Å². The molecule has 1 aromatic heterocycles. The van der Waals surface area contributed by atoms with Crippen LogP contribution in [0.4, 0.5) is 5.13 Å². The summed E-state index contributed by atoms with van der Waals surface area (Å²) in [6.07, 6.45) is 4.71. The SMILES string of the molecule is CCN(c1ncc(CNC2CC2)s1)C(C)C. The molecule has 16 heavy (non-hydrogen) atoms. The average Bonchev–Trinajstić information content (AvgIpc) is 2.96. The van der Waals surface area contributed by atoms with Crippen molar-refractivity contribution in [2.24, 2.45) is 0 Å². The first kappa shape index (κ1) is 11.9. The monoisotopic (exact) mass is 239 g/mol. The smallest absolute Gasteiger partial charge is 0.185 e. The van der Waals surface area contributed by atoms with Gasteiger partial charge in [0, 0.05) is 36.2 Å². The van der Waals surface area contributed by atoms with Crippen LogP contribution in [0.15, 0.2) is 6.20 Å². The molecule has 4 heteroatoms. The molecule has 0 aliphatic heterocycles. The summed E-state index contributed by atoms with van der Waals surface area (Å²) < 4.78 is 0. The first-order valence-corrected chi connectivity index (χ1v) is 6.97. The number of rotatable bonds is 6. The predicted molar refractivity (Wildman–Crippen MR) is 70.1 cm³/mol. The van der Waals surface area contributed by atoms with Crippen LogP contribution >= 0.6 is 11.3 Å². The lowest BCUT2D eigenvalue weighted by molar-refractivity contribution is 0.694. The Balaban J connectivity index is 1.93. The summed E-state index contributed by atoms with van der Waals surface area (Å²) in [6.45, 7) is 8.63. The molecule has 3 nitrogen and oxygen atoms in total. The molecule has 0 unspecified atom stereocenters. The molecule has 0 atom stereocenters. The van der Waals surface area contributed by atoms with E-state index in [0.717, 1.165) is 24.3 Å². The number of hydrogen-bond acceptors (Lipinski definition) is 4. The maximum atomic E-state index is 4.51. The second-order valence-electron chi connectivity index (χ2n) is 4.64. The van der Waals surface area contributed by atoms with Crippen LogP contribution in [-0.2, 0) is 6.54 Å². The molecule has 0 bridgehead atoms. The van der Waals surface area contributed by atoms with Crippen LogP contribution in [0.1, 0.15) is 38.5 Å². The molecular weight excluding hydrogens is 218 g/mol. The molecule has 1 saturated carbocycles. The van der Waals surface area contributed by atoms with E-state index in [9.17, 15) is 0 Å². The number of nitrogens with zero attached hydrogens (tertiary/aromatic N) is 2. The lowest BCUT2D eigenvalue weighted by atomic mass is 10.3. The van der Waals surface area contributed by atoms with Crippen LogP contribution in [0.25, 0.3) is 0 Å². The number of nitrogens with one attached hydrogen (secondary N) is 1. The largest absolute Gasteiger partial charge is 0.346 e. The Bertz CT molecular complexity index is 331. The molecule has 0 aromatic carbocycles. The summed E-state index contributed by atoms with van der Waals surface area (Å²) in [5, 5.41) is 4.68. The normalized spacial score (nSPS) is 15.8. The molecule has 1 heterocycles. The molecule has 90 valence electrons. The van der Waals surface area contributed by atoms with Crippen LogP contribution in [-0.4, -0.2) is 23.6 Å². The molecule has 0 radical (unpaired) electrons. The van der Waals surface area contributed by atoms with Gasteiger partial charge in [0.25, 0.3) is 0 Å². The quantitative estimate of drug-likeness (QED) is 0.827. The highest BCUT2D eigenvalue weighted by Gasteiger charge is 2.20. The van der Waals surface area contributed by atoms with E-state index in [-0.39, 0.29) is 0 Å². The summed E-state index contributed by atoms with van der Waals surface area (Å²) in [6, 6.07) is 1.30. The number of anilines is 1. The van der Waals surface area contributed by atoms with Crippen molar-refractivity contribution in [1.29, 1.82) is 0 Å². The van der Waals surface area contributed by atoms with Gasteiger partial charge in [-0.3, -0.25) is 0 Å². The zero-order valence-corrected chi connectivity index (χ0v) is 11.2. The van der Waals surface area contributed by atoms with E-state index in [4.69, 9.17) is 0 Å². The number of hydrogen-bond donors (Lipinski definition) is 1. The second kappa shape index (κ2) is 5.15. The molecular formula is C12H21N3S. The van der Waals surface area contributed by atoms with Gasteiger partial charge in [-0.15, -0.1) is 11.3 Å². The highest BCUT2D eigenvalue weighted by Crippen LogP contribution is 2.25. The van der Waals surface area contributed by atoms with Gasteiger partial charge in [0.2, 0.25) is 0 Å². The fourth-order valence-electron chi connectivity index (χ4n) is 1.77. The molecule has 1 fully saturated rings. The van der Waals surface area contributed by atoms with E-state index in [0.29, 0.717) is 6.04 Å². The number of aromatic nitrogens is 1. The van der Waals surface area contributed by atoms with Gasteiger partial charge in [0.15, 0.2) is 5.13 Å². The van der Waals surface area contributed by atoms with Crippen molar-refractivity contribution in [2.75, 3.05) is 11.4 Å². The van der Waals surface area contributed by atoms with Crippen LogP contribution in [0.3, 0.4) is 0 Å². The van der Waals surface area contributed by atoms with Gasteiger partial charge >= 0.3 is 0 Å². The lowest BCUT2D eigenvalue weighted by Crippen LogP contribution is -2.30. The van der Waals surface area contributed by atoms with E-state index < -0.39 is 0 Å². The van der Waals surface area contributed by atoms with Crippen LogP contribution in [0.5, 0.6) is 0 Å². The van der Waals surface area contributed by atoms with Crippen molar-refractivity contribution in [3.05, 3.63) is 11.1 Å². The average molecular weight is 239 g/mol. The Hall–Kier alpha value is -0.610. The van der Waals surface area contributed by atoms with Gasteiger partial charge in [-0.05, 0) is 33.6 Å². The minimum atomic E-state index is 0.528. The van der Waals surface area contributed by atoms with Gasteiger partial charge in [-0.25, -0.2) is 4.98 Å². The van der Waals surface area contributed by atoms with Gasteiger partial charge in [0.05, 0.1) is 0 Å². The minimum absolute atomic E-state index is 0.528. The van der Waals surface area contributed by atoms with Crippen LogP contribution < -0.4 is 10.2 Å². The molecule has 1 N–H and O–H groups in total. The van der Waals surface area contributed by atoms with E-state index in [2.05, 4.69) is 36.0 Å². The molecule has 1 aliphatic carbocycles. The van der Waals surface area contributed by atoms with Gasteiger partial charge in [-0.1, -0.05) is 0 Å². The van der Waals surface area contributed by atoms with Gasteiger partial charge in [0.1, 0.15) is 0 Å². The summed E-state index contributed by atoms with van der Waals surface area (Å²) in [5.41, 5.74) is 0. The third-order valence-electron chi connectivity index (χ3n) is 2.89. The maximum Gasteiger partial charge on any atom is 0.185 e. The summed E-state index contributed by atoms with van der Waals surface area (Å²) in [5.74, 6) is 0. The Morgan fingerprint density at radius 3 is 2.88 bits per heavy atom. The Labute approximate surface area is 102 Å². The molecule has 0 saturated heterocycles. The first-order valence-electron chi connectivity index (χ1n) is 6.15. The van der Waals surface area contributed by atoms with E-state index >= 15 is 0 Å². The first-order chi connectivity index (χ1) is 7.70. The summed E-state index contributed by atoms with van der Waals surface area (Å²) >= 11 is 1.82. The van der Waals surface area contributed by atoms with Crippen LogP contribution in [0.2, 0.25) is 0 Å². The van der Waals surface area contributed by atoms with E-state index in [1.54, 1.807) is 0 Å². The summed E-state index contributed by atoms with van der Waals surface area (Å²) in [7, 11) is 0. The Morgan fingerprint density at radius 2 is 2.31 bits per heavy atom. The van der Waals surface area contributed by atoms with Crippen LogP contribution in [0, 0.1) is 0 Å². The molecule has 0 spiro atoms. The van der Waals surface area contributed by atoms with E-state index in [1.807, 2.05) is 17.5 Å². The second-order valence-corrected chi connectivity index (χ2v) is 5.74. The van der Waals surface area contributed by atoms with Gasteiger partial charge < -0.3 is 10.2 Å². The highest BCUT2D eigenvalue weighted by atomic mass is 32.1. The fourth-order valence-corrected chi connectivity index (χ4v) is 2.82. The van der Waals surface area contributed by atoms with Crippen molar-refractivity contribution in [2.45, 2.75) is 52.2 Å². The summed E-state index contributed by atoms with van der Waals surface area (Å²) in [4.78, 5) is 8.20.